The third-order valence-electron chi connectivity index (χ3n) is 2.77. The number of aromatic nitrogens is 2. The van der Waals surface area contributed by atoms with Crippen LogP contribution in [0.4, 0.5) is 0 Å². The van der Waals surface area contributed by atoms with Crippen molar-refractivity contribution in [3.8, 4) is 0 Å². The minimum absolute atomic E-state index is 0.0818. The number of amides is 1. The molecule has 0 radical (unpaired) electrons. The maximum Gasteiger partial charge on any atom is 0.237 e. The van der Waals surface area contributed by atoms with Crippen LogP contribution in [0.15, 0.2) is 6.20 Å². The average molecular weight is 238 g/mol. The maximum atomic E-state index is 11.7. The highest BCUT2D eigenvalue weighted by Crippen LogP contribution is 2.04. The number of nitrogens with zero attached hydrogens (tertiary/aromatic N) is 2. The van der Waals surface area contributed by atoms with Crippen LogP contribution >= 0.6 is 0 Å². The highest BCUT2D eigenvalue weighted by Gasteiger charge is 2.13. The van der Waals surface area contributed by atoms with Crippen LogP contribution in [0.5, 0.6) is 0 Å². The zero-order valence-electron chi connectivity index (χ0n) is 10.9. The molecule has 1 unspecified atom stereocenters. The molecule has 3 N–H and O–H groups in total. The van der Waals surface area contributed by atoms with Gasteiger partial charge in [-0.05, 0) is 13.3 Å². The molecule has 5 nitrogen and oxygen atoms in total. The minimum Gasteiger partial charge on any atom is -0.351 e. The summed E-state index contributed by atoms with van der Waals surface area (Å²) in [6.45, 7) is 4.51. The Balaban J connectivity index is 2.40. The van der Waals surface area contributed by atoms with Crippen molar-refractivity contribution in [1.82, 2.24) is 15.1 Å². The fourth-order valence-corrected chi connectivity index (χ4v) is 1.69. The molecule has 0 aliphatic rings. The van der Waals surface area contributed by atoms with Gasteiger partial charge in [-0.15, -0.1) is 0 Å². The fourth-order valence-electron chi connectivity index (χ4n) is 1.69. The van der Waals surface area contributed by atoms with Crippen LogP contribution in [0.25, 0.3) is 0 Å². The van der Waals surface area contributed by atoms with E-state index in [2.05, 4.69) is 17.3 Å². The number of rotatable bonds is 6. The van der Waals surface area contributed by atoms with Crippen molar-refractivity contribution in [2.75, 3.05) is 0 Å². The smallest absolute Gasteiger partial charge is 0.237 e. The Hall–Kier alpha value is -1.36. The lowest BCUT2D eigenvalue weighted by Crippen LogP contribution is -2.40. The highest BCUT2D eigenvalue weighted by molar-refractivity contribution is 5.81. The summed E-state index contributed by atoms with van der Waals surface area (Å²) in [7, 11) is 1.87. The van der Waals surface area contributed by atoms with Crippen LogP contribution in [-0.2, 0) is 18.4 Å². The molecular weight excluding hydrogens is 216 g/mol. The normalized spacial score (nSPS) is 12.5. The molecule has 0 aliphatic carbocycles. The van der Waals surface area contributed by atoms with Crippen molar-refractivity contribution in [1.29, 1.82) is 0 Å². The van der Waals surface area contributed by atoms with Crippen molar-refractivity contribution in [3.63, 3.8) is 0 Å². The van der Waals surface area contributed by atoms with Crippen LogP contribution in [0.3, 0.4) is 0 Å². The standard InChI is InChI=1S/C12H22N4O/c1-4-5-6-11(13)12(17)14-7-10-8-16(3)15-9(10)2/h8,11H,4-7,13H2,1-3H3,(H,14,17). The largest absolute Gasteiger partial charge is 0.351 e. The Morgan fingerprint density at radius 3 is 2.88 bits per heavy atom. The van der Waals surface area contributed by atoms with Crippen LogP contribution in [-0.4, -0.2) is 21.7 Å². The number of unbranched alkanes of at least 4 members (excludes halogenated alkanes) is 1. The first-order valence-corrected chi connectivity index (χ1v) is 6.07. The van der Waals surface area contributed by atoms with Gasteiger partial charge in [0.15, 0.2) is 0 Å². The summed E-state index contributed by atoms with van der Waals surface area (Å²) in [6, 6.07) is -0.396. The molecule has 0 saturated carbocycles. The second-order valence-corrected chi connectivity index (χ2v) is 4.38. The Kier molecular flexibility index (Phi) is 5.15. The van der Waals surface area contributed by atoms with Crippen molar-refractivity contribution in [2.24, 2.45) is 12.8 Å². The molecule has 1 amide bonds. The summed E-state index contributed by atoms with van der Waals surface area (Å²) in [6.07, 6.45) is 4.70. The van der Waals surface area contributed by atoms with Gasteiger partial charge in [0.2, 0.25) is 5.91 Å². The Morgan fingerprint density at radius 1 is 1.65 bits per heavy atom. The van der Waals surface area contributed by atoms with Gasteiger partial charge < -0.3 is 11.1 Å². The SMILES string of the molecule is CCCCC(N)C(=O)NCc1cn(C)nc1C. The maximum absolute atomic E-state index is 11.7. The van der Waals surface area contributed by atoms with E-state index in [4.69, 9.17) is 5.73 Å². The van der Waals surface area contributed by atoms with Gasteiger partial charge in [0, 0.05) is 25.4 Å². The second kappa shape index (κ2) is 6.39. The molecule has 0 fully saturated rings. The van der Waals surface area contributed by atoms with E-state index in [9.17, 15) is 4.79 Å². The quantitative estimate of drug-likeness (QED) is 0.772. The molecule has 96 valence electrons. The van der Waals surface area contributed by atoms with E-state index in [1.807, 2.05) is 20.2 Å². The zero-order chi connectivity index (χ0) is 12.8. The number of nitrogens with one attached hydrogen (secondary N) is 1. The van der Waals surface area contributed by atoms with Crippen LogP contribution in [0, 0.1) is 6.92 Å². The van der Waals surface area contributed by atoms with Crippen molar-refractivity contribution >= 4 is 5.91 Å². The summed E-state index contributed by atoms with van der Waals surface area (Å²) >= 11 is 0. The average Bonchev–Trinajstić information content (AvgIpc) is 2.61. The second-order valence-electron chi connectivity index (χ2n) is 4.38. The first-order chi connectivity index (χ1) is 8.04. The van der Waals surface area contributed by atoms with E-state index in [-0.39, 0.29) is 5.91 Å². The van der Waals surface area contributed by atoms with Gasteiger partial charge >= 0.3 is 0 Å². The summed E-state index contributed by atoms with van der Waals surface area (Å²) in [5.74, 6) is -0.0818. The molecule has 1 aromatic rings. The minimum atomic E-state index is -0.396. The van der Waals surface area contributed by atoms with Gasteiger partial charge in [0.05, 0.1) is 11.7 Å². The lowest BCUT2D eigenvalue weighted by atomic mass is 10.1. The van der Waals surface area contributed by atoms with E-state index in [0.29, 0.717) is 6.54 Å². The van der Waals surface area contributed by atoms with E-state index in [1.54, 1.807) is 4.68 Å². The molecule has 1 heterocycles. The molecule has 1 rings (SSSR count). The van der Waals surface area contributed by atoms with Gasteiger partial charge in [0.1, 0.15) is 0 Å². The molecule has 0 spiro atoms. The van der Waals surface area contributed by atoms with Crippen molar-refractivity contribution in [2.45, 2.75) is 45.7 Å². The third kappa shape index (κ3) is 4.19. The molecule has 1 atom stereocenters. The molecule has 0 saturated heterocycles. The Bertz CT molecular complexity index is 373. The van der Waals surface area contributed by atoms with E-state index in [0.717, 1.165) is 30.5 Å². The highest BCUT2D eigenvalue weighted by atomic mass is 16.2. The summed E-state index contributed by atoms with van der Waals surface area (Å²) in [4.78, 5) is 11.7. The molecule has 0 bridgehead atoms. The number of nitrogens with two attached hydrogens (primary N) is 1. The first kappa shape index (κ1) is 13.7. The zero-order valence-corrected chi connectivity index (χ0v) is 10.9. The molecule has 17 heavy (non-hydrogen) atoms. The number of carbonyl (C=O) groups is 1. The molecule has 0 aliphatic heterocycles. The summed E-state index contributed by atoms with van der Waals surface area (Å²) in [5, 5.41) is 7.06. The molecule has 1 aromatic heterocycles. The Labute approximate surface area is 102 Å². The van der Waals surface area contributed by atoms with Gasteiger partial charge in [-0.25, -0.2) is 0 Å². The Morgan fingerprint density at radius 2 is 2.35 bits per heavy atom. The van der Waals surface area contributed by atoms with E-state index in [1.165, 1.54) is 0 Å². The molecule has 0 aromatic carbocycles. The first-order valence-electron chi connectivity index (χ1n) is 6.07. The topological polar surface area (TPSA) is 72.9 Å². The van der Waals surface area contributed by atoms with Gasteiger partial charge in [-0.2, -0.15) is 5.10 Å². The van der Waals surface area contributed by atoms with Crippen molar-refractivity contribution in [3.05, 3.63) is 17.5 Å². The number of carbonyl (C=O) groups excluding carboxylic acids is 1. The number of aryl methyl sites for hydroxylation is 2. The third-order valence-corrected chi connectivity index (χ3v) is 2.77. The van der Waals surface area contributed by atoms with E-state index >= 15 is 0 Å². The van der Waals surface area contributed by atoms with Gasteiger partial charge in [0.25, 0.3) is 0 Å². The van der Waals surface area contributed by atoms with Crippen LogP contribution < -0.4 is 11.1 Å². The van der Waals surface area contributed by atoms with Gasteiger partial charge in [-0.1, -0.05) is 19.8 Å². The monoisotopic (exact) mass is 238 g/mol. The van der Waals surface area contributed by atoms with Gasteiger partial charge in [-0.3, -0.25) is 9.48 Å². The number of hydrogen-bond donors (Lipinski definition) is 2. The molecular formula is C12H22N4O. The van der Waals surface area contributed by atoms with Crippen LogP contribution in [0.1, 0.15) is 37.4 Å². The lowest BCUT2D eigenvalue weighted by Gasteiger charge is -2.11. The fraction of sp³-hybridized carbons (Fsp3) is 0.667. The molecule has 5 heteroatoms. The van der Waals surface area contributed by atoms with Crippen molar-refractivity contribution < 1.29 is 4.79 Å². The lowest BCUT2D eigenvalue weighted by molar-refractivity contribution is -0.122. The van der Waals surface area contributed by atoms with Crippen LogP contribution in [0.2, 0.25) is 0 Å². The predicted octanol–water partition coefficient (Wildman–Crippen LogP) is 0.862. The predicted molar refractivity (Wildman–Crippen MR) is 67.3 cm³/mol. The summed E-state index contributed by atoms with van der Waals surface area (Å²) in [5.41, 5.74) is 7.75. The van der Waals surface area contributed by atoms with E-state index < -0.39 is 6.04 Å². The summed E-state index contributed by atoms with van der Waals surface area (Å²) < 4.78 is 1.74. The number of hydrogen-bond acceptors (Lipinski definition) is 3.